The van der Waals surface area contributed by atoms with Crippen molar-refractivity contribution in [2.24, 2.45) is 0 Å². The van der Waals surface area contributed by atoms with Gasteiger partial charge in [-0.1, -0.05) is 29.8 Å². The van der Waals surface area contributed by atoms with Crippen molar-refractivity contribution >= 4 is 39.1 Å². The molecule has 3 aromatic rings. The number of Topliss-reactive ketones (excluding diaryl/α,β-unsaturated/α-hetero) is 1. The third-order valence-electron chi connectivity index (χ3n) is 4.48. The molecule has 0 radical (unpaired) electrons. The van der Waals surface area contributed by atoms with Gasteiger partial charge in [0.2, 0.25) is 5.78 Å². The van der Waals surface area contributed by atoms with E-state index >= 15 is 0 Å². The van der Waals surface area contributed by atoms with Crippen molar-refractivity contribution in [2.75, 3.05) is 11.8 Å². The first kappa shape index (κ1) is 23.3. The number of carbonyl (C=O) groups is 2. The normalized spacial score (nSPS) is 12.0. The summed E-state index contributed by atoms with van der Waals surface area (Å²) in [5.74, 6) is -0.667. The number of ketones is 1. The Hall–Kier alpha value is -3.36. The smallest absolute Gasteiger partial charge is 0.338 e. The molecule has 0 aliphatic heterocycles. The lowest BCUT2D eigenvalue weighted by Gasteiger charge is -2.13. The second kappa shape index (κ2) is 9.84. The van der Waals surface area contributed by atoms with Crippen molar-refractivity contribution in [3.8, 4) is 5.75 Å². The lowest BCUT2D eigenvalue weighted by atomic mass is 10.1. The number of rotatable bonds is 8. The van der Waals surface area contributed by atoms with Crippen LogP contribution >= 0.6 is 11.6 Å². The van der Waals surface area contributed by atoms with Crippen molar-refractivity contribution < 1.29 is 27.5 Å². The number of hydrogen-bond donors (Lipinski definition) is 1. The molecule has 1 unspecified atom stereocenters. The summed E-state index contributed by atoms with van der Waals surface area (Å²) < 4.78 is 38.2. The second-order valence-electron chi connectivity index (χ2n) is 6.78. The lowest BCUT2D eigenvalue weighted by Crippen LogP contribution is -2.24. The van der Waals surface area contributed by atoms with Crippen LogP contribution in [0.4, 0.5) is 5.69 Å². The summed E-state index contributed by atoms with van der Waals surface area (Å²) in [6.07, 6.45) is -1.08. The Morgan fingerprint density at radius 2 is 1.59 bits per heavy atom. The molecule has 0 spiro atoms. The van der Waals surface area contributed by atoms with Crippen LogP contribution in [0.1, 0.15) is 27.6 Å². The van der Waals surface area contributed by atoms with E-state index in [2.05, 4.69) is 4.72 Å². The van der Waals surface area contributed by atoms with Crippen molar-refractivity contribution in [3.05, 3.63) is 88.9 Å². The lowest BCUT2D eigenvalue weighted by molar-refractivity contribution is 0.0318. The van der Waals surface area contributed by atoms with Gasteiger partial charge in [0, 0.05) is 16.3 Å². The predicted molar refractivity (Wildman–Crippen MR) is 121 cm³/mol. The fourth-order valence-corrected chi connectivity index (χ4v) is 4.12. The van der Waals surface area contributed by atoms with E-state index in [0.29, 0.717) is 22.0 Å². The fraction of sp³-hybridized carbons (Fsp3) is 0.130. The molecule has 0 aromatic heterocycles. The van der Waals surface area contributed by atoms with Gasteiger partial charge < -0.3 is 9.47 Å². The van der Waals surface area contributed by atoms with E-state index in [0.717, 1.165) is 0 Å². The van der Waals surface area contributed by atoms with Crippen LogP contribution in [-0.2, 0) is 14.8 Å². The molecule has 0 aliphatic rings. The Morgan fingerprint density at radius 3 is 2.25 bits per heavy atom. The monoisotopic (exact) mass is 473 g/mol. The minimum atomic E-state index is -3.96. The van der Waals surface area contributed by atoms with Crippen LogP contribution in [0.15, 0.2) is 77.7 Å². The molecule has 0 saturated carbocycles. The van der Waals surface area contributed by atoms with E-state index in [4.69, 9.17) is 21.1 Å². The third-order valence-corrected chi connectivity index (χ3v) is 6.10. The summed E-state index contributed by atoms with van der Waals surface area (Å²) in [7, 11) is -2.45. The number of carbonyl (C=O) groups excluding carboxylic acids is 2. The van der Waals surface area contributed by atoms with Crippen LogP contribution in [0.2, 0.25) is 5.02 Å². The maximum Gasteiger partial charge on any atom is 0.338 e. The summed E-state index contributed by atoms with van der Waals surface area (Å²) in [5, 5.41) is 0.386. The van der Waals surface area contributed by atoms with Gasteiger partial charge in [0.05, 0.1) is 17.6 Å². The molecule has 0 aliphatic carbocycles. The van der Waals surface area contributed by atoms with Gasteiger partial charge in [0.1, 0.15) is 5.75 Å². The van der Waals surface area contributed by atoms with Gasteiger partial charge in [-0.25, -0.2) is 13.2 Å². The average Bonchev–Trinajstić information content (AvgIpc) is 2.79. The van der Waals surface area contributed by atoms with Crippen molar-refractivity contribution in [1.29, 1.82) is 0 Å². The minimum absolute atomic E-state index is 0.00616. The SMILES string of the molecule is COc1ccc(NS(=O)(=O)c2cccc(C(=O)OC(C)C(=O)c3cccc(Cl)c3)c2)cc1. The second-order valence-corrected chi connectivity index (χ2v) is 8.90. The highest BCUT2D eigenvalue weighted by Gasteiger charge is 2.22. The first-order valence-electron chi connectivity index (χ1n) is 9.47. The van der Waals surface area contributed by atoms with E-state index in [1.54, 1.807) is 42.5 Å². The van der Waals surface area contributed by atoms with Crippen LogP contribution in [0.3, 0.4) is 0 Å². The van der Waals surface area contributed by atoms with Gasteiger partial charge in [-0.05, 0) is 61.5 Å². The van der Waals surface area contributed by atoms with Gasteiger partial charge >= 0.3 is 5.97 Å². The van der Waals surface area contributed by atoms with E-state index in [1.165, 1.54) is 44.4 Å². The van der Waals surface area contributed by atoms with Crippen LogP contribution in [0.25, 0.3) is 0 Å². The molecule has 7 nitrogen and oxygen atoms in total. The average molecular weight is 474 g/mol. The number of hydrogen-bond acceptors (Lipinski definition) is 6. The standard InChI is InChI=1S/C23H20ClNO6S/c1-15(22(26)16-5-3-7-18(24)13-16)31-23(27)17-6-4-8-21(14-17)32(28,29)25-19-9-11-20(30-2)12-10-19/h3-15,25H,1-2H3. The van der Waals surface area contributed by atoms with Gasteiger partial charge in [0.25, 0.3) is 10.0 Å². The highest BCUT2D eigenvalue weighted by atomic mass is 35.5. The molecular weight excluding hydrogens is 454 g/mol. The molecule has 0 amide bonds. The number of benzene rings is 3. The zero-order valence-electron chi connectivity index (χ0n) is 17.2. The quantitative estimate of drug-likeness (QED) is 0.380. The maximum absolute atomic E-state index is 12.7. The molecule has 9 heteroatoms. The number of ether oxygens (including phenoxy) is 2. The van der Waals surface area contributed by atoms with E-state index < -0.39 is 27.9 Å². The maximum atomic E-state index is 12.7. The summed E-state index contributed by atoms with van der Waals surface area (Å²) in [6, 6.07) is 18.0. The molecule has 1 atom stereocenters. The third kappa shape index (κ3) is 5.66. The molecule has 3 aromatic carbocycles. The molecule has 32 heavy (non-hydrogen) atoms. The highest BCUT2D eigenvalue weighted by Crippen LogP contribution is 2.21. The number of anilines is 1. The van der Waals surface area contributed by atoms with Crippen molar-refractivity contribution in [1.82, 2.24) is 0 Å². The fourth-order valence-electron chi connectivity index (χ4n) is 2.82. The van der Waals surface area contributed by atoms with E-state index in [-0.39, 0.29) is 10.5 Å². The first-order valence-corrected chi connectivity index (χ1v) is 11.3. The van der Waals surface area contributed by atoms with E-state index in [1.807, 2.05) is 0 Å². The van der Waals surface area contributed by atoms with Crippen molar-refractivity contribution in [3.63, 3.8) is 0 Å². The van der Waals surface area contributed by atoms with Crippen LogP contribution in [0, 0.1) is 0 Å². The molecule has 0 saturated heterocycles. The summed E-state index contributed by atoms with van der Waals surface area (Å²) in [4.78, 5) is 24.9. The molecule has 0 bridgehead atoms. The molecule has 166 valence electrons. The number of nitrogens with one attached hydrogen (secondary N) is 1. The Kier molecular flexibility index (Phi) is 7.17. The first-order chi connectivity index (χ1) is 15.2. The van der Waals surface area contributed by atoms with Crippen LogP contribution in [-0.4, -0.2) is 33.4 Å². The van der Waals surface area contributed by atoms with Crippen LogP contribution < -0.4 is 9.46 Å². The Labute approximate surface area is 191 Å². The van der Waals surface area contributed by atoms with Gasteiger partial charge in [-0.2, -0.15) is 0 Å². The number of esters is 1. The number of halogens is 1. The molecule has 3 rings (SSSR count). The molecule has 1 N–H and O–H groups in total. The number of sulfonamides is 1. The zero-order valence-corrected chi connectivity index (χ0v) is 18.8. The van der Waals surface area contributed by atoms with Gasteiger partial charge in [-0.15, -0.1) is 0 Å². The van der Waals surface area contributed by atoms with Gasteiger partial charge in [0.15, 0.2) is 6.10 Å². The Morgan fingerprint density at radius 1 is 0.938 bits per heavy atom. The Balaban J connectivity index is 1.74. The van der Waals surface area contributed by atoms with Crippen molar-refractivity contribution in [2.45, 2.75) is 17.9 Å². The largest absolute Gasteiger partial charge is 0.497 e. The zero-order chi connectivity index (χ0) is 23.3. The molecule has 0 fully saturated rings. The highest BCUT2D eigenvalue weighted by molar-refractivity contribution is 7.92. The molecule has 0 heterocycles. The Bertz CT molecular complexity index is 1240. The number of methoxy groups -OCH3 is 1. The summed E-state index contributed by atoms with van der Waals surface area (Å²) in [6.45, 7) is 1.44. The topological polar surface area (TPSA) is 98.8 Å². The van der Waals surface area contributed by atoms with Crippen LogP contribution in [0.5, 0.6) is 5.75 Å². The predicted octanol–water partition coefficient (Wildman–Crippen LogP) is 4.58. The summed E-state index contributed by atoms with van der Waals surface area (Å²) >= 11 is 5.90. The van der Waals surface area contributed by atoms with E-state index in [9.17, 15) is 18.0 Å². The minimum Gasteiger partial charge on any atom is -0.497 e. The summed E-state index contributed by atoms with van der Waals surface area (Å²) in [5.41, 5.74) is 0.630. The molecular formula is C23H20ClNO6S. The van der Waals surface area contributed by atoms with Gasteiger partial charge in [-0.3, -0.25) is 9.52 Å².